The van der Waals surface area contributed by atoms with Gasteiger partial charge in [0, 0.05) is 53.1 Å². The Hall–Kier alpha value is -4.84. The standard InChI is InChI=1S/C43H33BN2S2/c1-26-24-35-39-36(25-26)46(34-17-11-14-30-29-12-5-9-18-37(29)47-41(30)34)33-16-8-7-15-32(33)44(39)42-40(31-13-6-10-19-38(31)48-42)45(35)28-22-20-27(21-23-28)43(2,3)4/h5-25H,1-4H3. The van der Waals surface area contributed by atoms with Gasteiger partial charge in [0.1, 0.15) is 0 Å². The molecule has 0 aliphatic carbocycles. The number of fused-ring (bicyclic) bond motifs is 9. The summed E-state index contributed by atoms with van der Waals surface area (Å²) in [5, 5.41) is 3.97. The topological polar surface area (TPSA) is 6.48 Å². The van der Waals surface area contributed by atoms with Gasteiger partial charge in [-0.1, -0.05) is 99.6 Å². The molecule has 6 aromatic carbocycles. The molecule has 2 aliphatic heterocycles. The van der Waals surface area contributed by atoms with Crippen LogP contribution in [0.3, 0.4) is 0 Å². The first-order valence-corrected chi connectivity index (χ1v) is 18.4. The highest BCUT2D eigenvalue weighted by Crippen LogP contribution is 2.50. The van der Waals surface area contributed by atoms with Crippen molar-refractivity contribution >= 4 is 109 Å². The molecule has 5 heteroatoms. The van der Waals surface area contributed by atoms with Crippen molar-refractivity contribution in [3.8, 4) is 0 Å². The van der Waals surface area contributed by atoms with E-state index in [1.54, 1.807) is 0 Å². The number of thiophene rings is 2. The number of hydrogen-bond acceptors (Lipinski definition) is 4. The first-order chi connectivity index (χ1) is 23.4. The fraction of sp³-hybridized carbons (Fsp3) is 0.116. The van der Waals surface area contributed by atoms with E-state index in [1.165, 1.54) is 91.2 Å². The van der Waals surface area contributed by atoms with Crippen LogP contribution in [0.2, 0.25) is 0 Å². The van der Waals surface area contributed by atoms with Crippen LogP contribution in [0.15, 0.2) is 127 Å². The number of aryl methyl sites for hydroxylation is 1. The molecular weight excluding hydrogens is 619 g/mol. The highest BCUT2D eigenvalue weighted by molar-refractivity contribution is 7.33. The molecule has 0 bridgehead atoms. The summed E-state index contributed by atoms with van der Waals surface area (Å²) in [4.78, 5) is 5.13. The largest absolute Gasteiger partial charge is 0.310 e. The third-order valence-corrected chi connectivity index (χ3v) is 12.7. The van der Waals surface area contributed by atoms with E-state index in [0.29, 0.717) is 0 Å². The van der Waals surface area contributed by atoms with E-state index in [0.717, 1.165) is 0 Å². The summed E-state index contributed by atoms with van der Waals surface area (Å²) in [6.45, 7) is 9.27. The Bertz CT molecular complexity index is 2590. The minimum atomic E-state index is 0.0894. The molecular formula is C43H33BN2S2. The van der Waals surface area contributed by atoms with Gasteiger partial charge < -0.3 is 9.80 Å². The average molecular weight is 653 g/mol. The lowest BCUT2D eigenvalue weighted by Gasteiger charge is -2.43. The molecule has 2 aromatic heterocycles. The van der Waals surface area contributed by atoms with Gasteiger partial charge in [0.15, 0.2) is 0 Å². The van der Waals surface area contributed by atoms with Crippen LogP contribution in [-0.2, 0) is 5.41 Å². The fourth-order valence-corrected chi connectivity index (χ4v) is 10.6. The fourth-order valence-electron chi connectivity index (χ4n) is 8.06. The zero-order chi connectivity index (χ0) is 32.3. The lowest BCUT2D eigenvalue weighted by Crippen LogP contribution is -2.60. The molecule has 230 valence electrons. The van der Waals surface area contributed by atoms with Crippen LogP contribution in [-0.4, -0.2) is 6.71 Å². The van der Waals surface area contributed by atoms with Gasteiger partial charge in [0.05, 0.1) is 16.1 Å². The highest BCUT2D eigenvalue weighted by atomic mass is 32.1. The van der Waals surface area contributed by atoms with Crippen molar-refractivity contribution in [2.24, 2.45) is 0 Å². The van der Waals surface area contributed by atoms with Gasteiger partial charge >= 0.3 is 0 Å². The van der Waals surface area contributed by atoms with Gasteiger partial charge in [-0.3, -0.25) is 0 Å². The second kappa shape index (κ2) is 10.1. The molecule has 2 aliphatic rings. The Kier molecular flexibility index (Phi) is 5.93. The Balaban J connectivity index is 1.30. The Morgan fingerprint density at radius 3 is 1.96 bits per heavy atom. The molecule has 0 saturated heterocycles. The van der Waals surface area contributed by atoms with Crippen molar-refractivity contribution in [2.45, 2.75) is 33.1 Å². The molecule has 10 rings (SSSR count). The maximum absolute atomic E-state index is 2.56. The van der Waals surface area contributed by atoms with Crippen molar-refractivity contribution < 1.29 is 0 Å². The minimum Gasteiger partial charge on any atom is -0.310 e. The molecule has 0 spiro atoms. The van der Waals surface area contributed by atoms with Crippen LogP contribution in [0.25, 0.3) is 30.3 Å². The van der Waals surface area contributed by atoms with Gasteiger partial charge in [-0.05, 0) is 82.9 Å². The summed E-state index contributed by atoms with van der Waals surface area (Å²) in [7, 11) is 0. The summed E-state index contributed by atoms with van der Waals surface area (Å²) in [5.74, 6) is 0. The molecule has 0 N–H and O–H groups in total. The van der Waals surface area contributed by atoms with Gasteiger partial charge in [0.25, 0.3) is 6.71 Å². The number of rotatable bonds is 2. The zero-order valence-electron chi connectivity index (χ0n) is 27.4. The molecule has 4 heterocycles. The normalized spacial score (nSPS) is 13.7. The van der Waals surface area contributed by atoms with Gasteiger partial charge in [0.2, 0.25) is 0 Å². The van der Waals surface area contributed by atoms with E-state index < -0.39 is 0 Å². The molecule has 0 fully saturated rings. The summed E-state index contributed by atoms with van der Waals surface area (Å²) in [6.07, 6.45) is 0. The van der Waals surface area contributed by atoms with Crippen LogP contribution >= 0.6 is 22.7 Å². The van der Waals surface area contributed by atoms with E-state index in [2.05, 4.69) is 165 Å². The number of anilines is 6. The molecule has 0 saturated carbocycles. The monoisotopic (exact) mass is 652 g/mol. The van der Waals surface area contributed by atoms with Gasteiger partial charge in [-0.2, -0.15) is 0 Å². The molecule has 8 aromatic rings. The number of benzene rings is 6. The molecule has 0 radical (unpaired) electrons. The maximum atomic E-state index is 2.56. The van der Waals surface area contributed by atoms with E-state index >= 15 is 0 Å². The van der Waals surface area contributed by atoms with Crippen molar-refractivity contribution in [2.75, 3.05) is 9.80 Å². The van der Waals surface area contributed by atoms with Gasteiger partial charge in [-0.25, -0.2) is 0 Å². The first-order valence-electron chi connectivity index (χ1n) is 16.7. The molecule has 48 heavy (non-hydrogen) atoms. The van der Waals surface area contributed by atoms with Crippen LogP contribution in [0.1, 0.15) is 31.9 Å². The number of hydrogen-bond donors (Lipinski definition) is 0. The second-order valence-corrected chi connectivity index (χ2v) is 16.4. The average Bonchev–Trinajstić information content (AvgIpc) is 3.67. The maximum Gasteiger partial charge on any atom is 0.264 e. The zero-order valence-corrected chi connectivity index (χ0v) is 29.0. The van der Waals surface area contributed by atoms with Crippen molar-refractivity contribution in [1.29, 1.82) is 0 Å². The first kappa shape index (κ1) is 28.2. The van der Waals surface area contributed by atoms with Crippen LogP contribution in [0, 0.1) is 6.92 Å². The third-order valence-electron chi connectivity index (χ3n) is 10.2. The predicted octanol–water partition coefficient (Wildman–Crippen LogP) is 11.0. The van der Waals surface area contributed by atoms with Crippen molar-refractivity contribution in [3.63, 3.8) is 0 Å². The summed E-state index contributed by atoms with van der Waals surface area (Å²) >= 11 is 3.86. The Morgan fingerprint density at radius 2 is 1.19 bits per heavy atom. The van der Waals surface area contributed by atoms with E-state index in [4.69, 9.17) is 0 Å². The quantitative estimate of drug-likeness (QED) is 0.172. The van der Waals surface area contributed by atoms with E-state index in [1.807, 2.05) is 22.7 Å². The number of para-hydroxylation sites is 1. The second-order valence-electron chi connectivity index (χ2n) is 14.2. The summed E-state index contributed by atoms with van der Waals surface area (Å²) in [5.41, 5.74) is 13.0. The molecule has 2 nitrogen and oxygen atoms in total. The molecule has 0 amide bonds. The van der Waals surface area contributed by atoms with Crippen molar-refractivity contribution in [1.82, 2.24) is 0 Å². The number of nitrogens with zero attached hydrogens (tertiary/aromatic N) is 2. The van der Waals surface area contributed by atoms with Crippen LogP contribution < -0.4 is 25.5 Å². The van der Waals surface area contributed by atoms with Gasteiger partial charge in [-0.15, -0.1) is 22.7 Å². The predicted molar refractivity (Wildman–Crippen MR) is 212 cm³/mol. The molecule has 0 atom stereocenters. The highest BCUT2D eigenvalue weighted by Gasteiger charge is 2.45. The molecule has 0 unspecified atom stereocenters. The Labute approximate surface area is 289 Å². The van der Waals surface area contributed by atoms with Crippen molar-refractivity contribution in [3.05, 3.63) is 139 Å². The van der Waals surface area contributed by atoms with E-state index in [-0.39, 0.29) is 12.1 Å². The van der Waals surface area contributed by atoms with Crippen LogP contribution in [0.4, 0.5) is 34.1 Å². The van der Waals surface area contributed by atoms with Crippen LogP contribution in [0.5, 0.6) is 0 Å². The minimum absolute atomic E-state index is 0.0894. The lowest BCUT2D eigenvalue weighted by atomic mass is 9.36. The summed E-state index contributed by atoms with van der Waals surface area (Å²) in [6, 6.07) is 47.9. The lowest BCUT2D eigenvalue weighted by molar-refractivity contribution is 0.590. The third kappa shape index (κ3) is 3.92. The smallest absolute Gasteiger partial charge is 0.264 e. The SMILES string of the molecule is Cc1cc2c3c(c1)N(c1cccc4c1sc1ccccc14)c1ccccc1B3c1sc3ccccc3c1N2c1ccc(C(C)(C)C)cc1. The van der Waals surface area contributed by atoms with E-state index in [9.17, 15) is 0 Å². The summed E-state index contributed by atoms with van der Waals surface area (Å²) < 4.78 is 5.41. The Morgan fingerprint density at radius 1 is 0.562 bits per heavy atom.